The van der Waals surface area contributed by atoms with E-state index in [1.54, 1.807) is 19.1 Å². The first-order chi connectivity index (χ1) is 19.0. The van der Waals surface area contributed by atoms with Gasteiger partial charge in [-0.3, -0.25) is 9.36 Å². The summed E-state index contributed by atoms with van der Waals surface area (Å²) < 4.78 is 38.6. The Morgan fingerprint density at radius 2 is 1.75 bits per heavy atom. The number of ether oxygens (including phenoxy) is 2. The van der Waals surface area contributed by atoms with Crippen LogP contribution < -0.4 is 4.72 Å². The number of halogens is 1. The number of carbonyl (C=O) groups excluding carboxylic acids is 2. The van der Waals surface area contributed by atoms with Crippen molar-refractivity contribution in [3.8, 4) is 5.69 Å². The summed E-state index contributed by atoms with van der Waals surface area (Å²) >= 11 is 6.57. The van der Waals surface area contributed by atoms with E-state index in [0.717, 1.165) is 33.7 Å². The van der Waals surface area contributed by atoms with Crippen molar-refractivity contribution in [3.63, 3.8) is 0 Å². The number of nitrogens with one attached hydrogen (secondary N) is 1. The predicted molar refractivity (Wildman–Crippen MR) is 152 cm³/mol. The minimum atomic E-state index is -4.01. The fourth-order valence-corrected chi connectivity index (χ4v) is 5.53. The van der Waals surface area contributed by atoms with Crippen LogP contribution in [0.25, 0.3) is 16.7 Å². The quantitative estimate of drug-likeness (QED) is 0.259. The fraction of sp³-hybridized carbons (Fsp3) is 0.276. The number of rotatable bonds is 9. The summed E-state index contributed by atoms with van der Waals surface area (Å²) in [5.41, 5.74) is 4.85. The van der Waals surface area contributed by atoms with Crippen LogP contribution in [0.5, 0.6) is 0 Å². The SMILES string of the molecule is CCc1nc2cc(C(C)C(=O)OC)c(Cl)cc2n1-c1ccc(CCOC(=O)NS(=O)(=O)c2ccc(C)cc2)cc1. The van der Waals surface area contributed by atoms with Crippen LogP contribution in [0.4, 0.5) is 4.79 Å². The second kappa shape index (κ2) is 12.1. The number of esters is 1. The molecule has 1 N–H and O–H groups in total. The molecule has 0 aliphatic rings. The lowest BCUT2D eigenvalue weighted by Crippen LogP contribution is -2.31. The molecule has 1 amide bonds. The summed E-state index contributed by atoms with van der Waals surface area (Å²) in [5.74, 6) is -0.0683. The number of sulfonamides is 1. The molecule has 0 radical (unpaired) electrons. The smallest absolute Gasteiger partial charge is 0.421 e. The van der Waals surface area contributed by atoms with Gasteiger partial charge in [0.05, 0.1) is 35.6 Å². The van der Waals surface area contributed by atoms with E-state index < -0.39 is 22.0 Å². The molecule has 4 aromatic rings. The van der Waals surface area contributed by atoms with Gasteiger partial charge >= 0.3 is 12.1 Å². The van der Waals surface area contributed by atoms with Gasteiger partial charge in [-0.25, -0.2) is 22.9 Å². The number of hydrogen-bond donors (Lipinski definition) is 1. The van der Waals surface area contributed by atoms with Crippen LogP contribution in [0, 0.1) is 6.92 Å². The minimum Gasteiger partial charge on any atom is -0.469 e. The van der Waals surface area contributed by atoms with Crippen LogP contribution >= 0.6 is 11.6 Å². The highest BCUT2D eigenvalue weighted by Crippen LogP contribution is 2.32. The number of methoxy groups -OCH3 is 1. The van der Waals surface area contributed by atoms with Crippen molar-refractivity contribution in [2.45, 2.75) is 44.4 Å². The Bertz CT molecular complexity index is 1650. The van der Waals surface area contributed by atoms with E-state index in [-0.39, 0.29) is 17.5 Å². The number of aromatic nitrogens is 2. The zero-order valence-electron chi connectivity index (χ0n) is 22.6. The molecule has 0 aliphatic carbocycles. The molecule has 0 saturated carbocycles. The first-order valence-electron chi connectivity index (χ1n) is 12.7. The lowest BCUT2D eigenvalue weighted by molar-refractivity contribution is -0.141. The van der Waals surface area contributed by atoms with Gasteiger partial charge in [-0.1, -0.05) is 48.4 Å². The average molecular weight is 584 g/mol. The molecule has 11 heteroatoms. The van der Waals surface area contributed by atoms with E-state index in [4.69, 9.17) is 26.1 Å². The van der Waals surface area contributed by atoms with E-state index >= 15 is 0 Å². The summed E-state index contributed by atoms with van der Waals surface area (Å²) in [6, 6.07) is 17.4. The molecule has 210 valence electrons. The zero-order chi connectivity index (χ0) is 29.0. The molecule has 1 unspecified atom stereocenters. The highest BCUT2D eigenvalue weighted by Gasteiger charge is 2.22. The largest absolute Gasteiger partial charge is 0.469 e. The van der Waals surface area contributed by atoms with E-state index in [1.165, 1.54) is 19.2 Å². The van der Waals surface area contributed by atoms with Gasteiger partial charge in [-0.2, -0.15) is 0 Å². The molecule has 0 fully saturated rings. The molecule has 0 spiro atoms. The number of fused-ring (bicyclic) bond motifs is 1. The maximum Gasteiger partial charge on any atom is 0.421 e. The van der Waals surface area contributed by atoms with Crippen LogP contribution in [-0.2, 0) is 37.1 Å². The van der Waals surface area contributed by atoms with Gasteiger partial charge in [0.25, 0.3) is 10.0 Å². The lowest BCUT2D eigenvalue weighted by Gasteiger charge is -2.13. The number of hydrogen-bond acceptors (Lipinski definition) is 7. The van der Waals surface area contributed by atoms with E-state index in [0.29, 0.717) is 23.4 Å². The molecular weight excluding hydrogens is 554 g/mol. The second-order valence-electron chi connectivity index (χ2n) is 9.30. The normalized spacial score (nSPS) is 12.2. The molecule has 40 heavy (non-hydrogen) atoms. The summed E-state index contributed by atoms with van der Waals surface area (Å²) in [5, 5.41) is 0.450. The Morgan fingerprint density at radius 3 is 2.38 bits per heavy atom. The Kier molecular flexibility index (Phi) is 8.80. The second-order valence-corrected chi connectivity index (χ2v) is 11.4. The summed E-state index contributed by atoms with van der Waals surface area (Å²) in [6.45, 7) is 5.59. The van der Waals surface area contributed by atoms with Crippen molar-refractivity contribution in [1.29, 1.82) is 0 Å². The van der Waals surface area contributed by atoms with Gasteiger partial charge in [0.2, 0.25) is 0 Å². The maximum atomic E-state index is 12.4. The van der Waals surface area contributed by atoms with Crippen LogP contribution in [0.15, 0.2) is 65.6 Å². The first-order valence-corrected chi connectivity index (χ1v) is 14.5. The fourth-order valence-electron chi connectivity index (χ4n) is 4.31. The molecule has 1 aromatic heterocycles. The van der Waals surface area contributed by atoms with E-state index in [9.17, 15) is 18.0 Å². The Morgan fingerprint density at radius 1 is 1.07 bits per heavy atom. The molecule has 9 nitrogen and oxygen atoms in total. The highest BCUT2D eigenvalue weighted by molar-refractivity contribution is 7.90. The van der Waals surface area contributed by atoms with Gasteiger partial charge < -0.3 is 9.47 Å². The van der Waals surface area contributed by atoms with Crippen molar-refractivity contribution in [1.82, 2.24) is 14.3 Å². The van der Waals surface area contributed by atoms with Crippen molar-refractivity contribution in [2.24, 2.45) is 0 Å². The van der Waals surface area contributed by atoms with Gasteiger partial charge in [-0.05, 0) is 61.4 Å². The van der Waals surface area contributed by atoms with E-state index in [1.807, 2.05) is 59.5 Å². The zero-order valence-corrected chi connectivity index (χ0v) is 24.2. The van der Waals surface area contributed by atoms with Gasteiger partial charge in [0, 0.05) is 23.6 Å². The number of nitrogens with zero attached hydrogens (tertiary/aromatic N) is 2. The number of amides is 1. The van der Waals surface area contributed by atoms with Crippen LogP contribution in [0.2, 0.25) is 5.02 Å². The number of imidazole rings is 1. The molecule has 3 aromatic carbocycles. The predicted octanol–water partition coefficient (Wildman–Crippen LogP) is 5.48. The Labute approximate surface area is 238 Å². The van der Waals surface area contributed by atoms with Gasteiger partial charge in [0.15, 0.2) is 0 Å². The average Bonchev–Trinajstić information content (AvgIpc) is 3.29. The molecule has 1 heterocycles. The molecule has 0 aliphatic heterocycles. The monoisotopic (exact) mass is 583 g/mol. The van der Waals surface area contributed by atoms with Crippen LogP contribution in [0.3, 0.4) is 0 Å². The minimum absolute atomic E-state index is 0.000419. The molecule has 4 rings (SSSR count). The van der Waals surface area contributed by atoms with Gasteiger partial charge in [-0.15, -0.1) is 0 Å². The third-order valence-corrected chi connectivity index (χ3v) is 8.20. The standard InChI is InChI=1S/C29H30ClN3O6S/c1-5-27-31-25-16-23(19(3)28(34)38-4)24(30)17-26(25)33(27)21-10-8-20(9-11-21)14-15-39-29(35)32-40(36,37)22-12-6-18(2)7-13-22/h6-13,16-17,19H,5,14-15H2,1-4H3,(H,32,35). The summed E-state index contributed by atoms with van der Waals surface area (Å²) in [7, 11) is -2.66. The summed E-state index contributed by atoms with van der Waals surface area (Å²) in [4.78, 5) is 28.9. The number of benzene rings is 3. The molecule has 0 saturated heterocycles. The summed E-state index contributed by atoms with van der Waals surface area (Å²) in [6.07, 6.45) is 0.0293. The maximum absolute atomic E-state index is 12.4. The van der Waals surface area contributed by atoms with Crippen molar-refractivity contribution >= 4 is 44.7 Å². The number of carbonyl (C=O) groups is 2. The van der Waals surface area contributed by atoms with Crippen molar-refractivity contribution in [3.05, 3.63) is 88.2 Å². The van der Waals surface area contributed by atoms with Gasteiger partial charge in [0.1, 0.15) is 5.82 Å². The third-order valence-electron chi connectivity index (χ3n) is 6.55. The van der Waals surface area contributed by atoms with E-state index in [2.05, 4.69) is 0 Å². The van der Waals surface area contributed by atoms with Crippen LogP contribution in [0.1, 0.15) is 42.3 Å². The Hall–Kier alpha value is -3.89. The lowest BCUT2D eigenvalue weighted by atomic mass is 10.0. The van der Waals surface area contributed by atoms with Crippen molar-refractivity contribution < 1.29 is 27.5 Å². The van der Waals surface area contributed by atoms with Crippen molar-refractivity contribution in [2.75, 3.05) is 13.7 Å². The highest BCUT2D eigenvalue weighted by atomic mass is 35.5. The first kappa shape index (κ1) is 29.1. The topological polar surface area (TPSA) is 117 Å². The number of aryl methyl sites for hydroxylation is 2. The molecule has 0 bridgehead atoms. The molecule has 1 atom stereocenters. The van der Waals surface area contributed by atoms with Crippen LogP contribution in [-0.4, -0.2) is 43.7 Å². The Balaban J connectivity index is 1.45. The molecular formula is C29H30ClN3O6S. The third kappa shape index (κ3) is 6.29.